The van der Waals surface area contributed by atoms with Crippen LogP contribution in [0.5, 0.6) is 0 Å². The Bertz CT molecular complexity index is 1270. The minimum absolute atomic E-state index is 0.0584. The zero-order valence-corrected chi connectivity index (χ0v) is 23.7. The minimum Gasteiger partial charge on any atom is -0.355 e. The number of hydrogen-bond acceptors (Lipinski definition) is 6. The Morgan fingerprint density at radius 1 is 1.12 bits per heavy atom. The Morgan fingerprint density at radius 3 is 2.70 bits per heavy atom. The van der Waals surface area contributed by atoms with Crippen molar-refractivity contribution in [2.24, 2.45) is 5.41 Å². The second-order valence-electron chi connectivity index (χ2n) is 11.0. The number of nitrogens with one attached hydrogen (secondary N) is 3. The number of likely N-dealkylation sites (tertiary alicyclic amines) is 2. The van der Waals surface area contributed by atoms with Gasteiger partial charge in [-0.2, -0.15) is 0 Å². The van der Waals surface area contributed by atoms with Crippen LogP contribution in [0.1, 0.15) is 55.3 Å². The number of primary amides is 1. The van der Waals surface area contributed by atoms with Gasteiger partial charge in [-0.3, -0.25) is 25.1 Å². The monoisotopic (exact) mass is 573 g/mol. The molecule has 3 saturated heterocycles. The van der Waals surface area contributed by atoms with E-state index in [9.17, 15) is 23.6 Å². The summed E-state index contributed by atoms with van der Waals surface area (Å²) >= 11 is 1.24. The molecule has 5 amide bonds. The number of hydrogen-bond donors (Lipinski definition) is 4. The van der Waals surface area contributed by atoms with Crippen molar-refractivity contribution in [2.45, 2.75) is 51.0 Å². The molecule has 1 atom stereocenters. The lowest BCUT2D eigenvalue weighted by molar-refractivity contribution is -0.574. The maximum atomic E-state index is 14.1. The van der Waals surface area contributed by atoms with E-state index >= 15 is 0 Å². The van der Waals surface area contributed by atoms with Crippen LogP contribution >= 0.6 is 11.3 Å². The Balaban J connectivity index is 1.30. The fraction of sp³-hybridized carbons (Fsp3) is 0.571. The van der Waals surface area contributed by atoms with Crippen molar-refractivity contribution in [3.8, 4) is 0 Å². The maximum Gasteiger partial charge on any atom is 0.327 e. The van der Waals surface area contributed by atoms with Gasteiger partial charge < -0.3 is 15.5 Å². The number of benzene rings is 1. The number of thiophene rings is 1. The molecule has 0 saturated carbocycles. The highest BCUT2D eigenvalue weighted by atomic mass is 32.1. The average Bonchev–Trinajstić information content (AvgIpc) is 3.32. The second kappa shape index (κ2) is 12.2. The number of fused-ring (bicyclic) bond motifs is 1. The number of piperidine rings is 2. The van der Waals surface area contributed by atoms with Crippen LogP contribution in [-0.2, 0) is 9.59 Å². The fourth-order valence-corrected chi connectivity index (χ4v) is 7.34. The second-order valence-corrected chi connectivity index (χ2v) is 12.1. The number of nitrogens with two attached hydrogens (primary N) is 1. The largest absolute Gasteiger partial charge is 0.355 e. The molecule has 2 aromatic rings. The van der Waals surface area contributed by atoms with E-state index in [4.69, 9.17) is 0 Å². The Hall–Kier alpha value is -3.09. The summed E-state index contributed by atoms with van der Waals surface area (Å²) in [6, 6.07) is 4.00. The highest BCUT2D eigenvalue weighted by Gasteiger charge is 2.52. The van der Waals surface area contributed by atoms with Gasteiger partial charge in [-0.1, -0.05) is 0 Å². The third-order valence-electron chi connectivity index (χ3n) is 8.51. The van der Waals surface area contributed by atoms with Crippen molar-refractivity contribution in [1.82, 2.24) is 20.4 Å². The molecule has 1 unspecified atom stereocenters. The van der Waals surface area contributed by atoms with E-state index in [1.54, 1.807) is 16.3 Å². The molecule has 40 heavy (non-hydrogen) atoms. The van der Waals surface area contributed by atoms with Gasteiger partial charge in [0.05, 0.1) is 12.1 Å². The zero-order valence-electron chi connectivity index (χ0n) is 22.9. The van der Waals surface area contributed by atoms with Crippen molar-refractivity contribution in [3.05, 3.63) is 29.6 Å². The quantitative estimate of drug-likeness (QED) is 0.417. The van der Waals surface area contributed by atoms with Crippen LogP contribution < -0.4 is 21.3 Å². The predicted octanol–water partition coefficient (Wildman–Crippen LogP) is 1.87. The van der Waals surface area contributed by atoms with Crippen molar-refractivity contribution in [1.29, 1.82) is 0 Å². The minimum atomic E-state index is -1.04. The van der Waals surface area contributed by atoms with Crippen molar-refractivity contribution in [3.63, 3.8) is 0 Å². The molecule has 5 N–H and O–H groups in total. The molecule has 10 nitrogen and oxygen atoms in total. The van der Waals surface area contributed by atoms with Gasteiger partial charge in [-0.25, -0.2) is 14.0 Å². The van der Waals surface area contributed by atoms with Gasteiger partial charge in [-0.15, -0.1) is 11.3 Å². The van der Waals surface area contributed by atoms with E-state index in [1.807, 2.05) is 0 Å². The van der Waals surface area contributed by atoms with Gasteiger partial charge in [0.2, 0.25) is 5.91 Å². The number of urea groups is 1. The first-order valence-corrected chi connectivity index (χ1v) is 15.0. The van der Waals surface area contributed by atoms with Gasteiger partial charge in [0.15, 0.2) is 5.41 Å². The molecule has 3 fully saturated rings. The summed E-state index contributed by atoms with van der Waals surface area (Å²) in [6.45, 7) is 3.52. The number of carbonyl (C=O) groups excluding carboxylic acids is 4. The first-order valence-electron chi connectivity index (χ1n) is 14.2. The molecule has 3 aliphatic heterocycles. The highest BCUT2D eigenvalue weighted by Crippen LogP contribution is 2.38. The number of halogens is 1. The number of carbonyl (C=O) groups is 4. The van der Waals surface area contributed by atoms with Gasteiger partial charge in [0.1, 0.15) is 10.8 Å². The fourth-order valence-electron chi connectivity index (χ4n) is 6.27. The van der Waals surface area contributed by atoms with Crippen LogP contribution in [0, 0.1) is 11.2 Å². The first-order chi connectivity index (χ1) is 19.3. The van der Waals surface area contributed by atoms with Crippen molar-refractivity contribution < 1.29 is 28.9 Å². The Kier molecular flexibility index (Phi) is 8.67. The van der Waals surface area contributed by atoms with Crippen LogP contribution in [0.3, 0.4) is 0 Å². The van der Waals surface area contributed by atoms with Crippen LogP contribution in [0.2, 0.25) is 0 Å². The third-order valence-corrected chi connectivity index (χ3v) is 9.60. The predicted molar refractivity (Wildman–Crippen MR) is 151 cm³/mol. The van der Waals surface area contributed by atoms with E-state index in [-0.39, 0.29) is 23.8 Å². The van der Waals surface area contributed by atoms with Crippen LogP contribution in [-0.4, -0.2) is 85.9 Å². The van der Waals surface area contributed by atoms with Crippen molar-refractivity contribution in [2.75, 3.05) is 51.6 Å². The van der Waals surface area contributed by atoms with E-state index in [0.29, 0.717) is 67.9 Å². The molecule has 3 aliphatic rings. The molecule has 0 aliphatic carbocycles. The molecule has 12 heteroatoms. The molecule has 216 valence electrons. The Labute approximate surface area is 237 Å². The molecule has 0 radical (unpaired) electrons. The highest BCUT2D eigenvalue weighted by molar-refractivity contribution is 7.23. The molecular formula is C28H38FN6O4S+. The summed E-state index contributed by atoms with van der Waals surface area (Å²) in [6.07, 6.45) is 5.62. The number of quaternary nitrogens is 1. The van der Waals surface area contributed by atoms with Gasteiger partial charge in [-0.05, 0) is 69.7 Å². The topological polar surface area (TPSA) is 127 Å². The number of amides is 5. The average molecular weight is 574 g/mol. The van der Waals surface area contributed by atoms with Gasteiger partial charge in [0.25, 0.3) is 5.91 Å². The standard InChI is InChI=1S/C28H37FN6O4S/c1-30-27(39)33-23-22(20-16-18(29)6-7-21(20)40-23)24(36)34-14-8-19(9-15-34)35-13-5-10-28(17-35)25(37)31-11-3-2-4-12-32-26(28)38/h6-7,16,19H,2-5,8-15,17H2,1H3,(H,31,37)(H,32,38)(H2,30,33,39)/p+1. The van der Waals surface area contributed by atoms with E-state index < -0.39 is 17.3 Å². The zero-order chi connectivity index (χ0) is 28.3. The van der Waals surface area contributed by atoms with E-state index in [1.165, 1.54) is 30.5 Å². The van der Waals surface area contributed by atoms with Crippen LogP contribution in [0.15, 0.2) is 18.2 Å². The number of rotatable bonds is 3. The van der Waals surface area contributed by atoms with E-state index in [0.717, 1.165) is 36.9 Å². The SMILES string of the molecule is CNC(=O)Nc1sc2ccc(F)cc2c1C(=O)N1CCC(N2CCCC3(C2)C(=O)NCCCCC[NH2+]C3=O)CC1. The molecule has 1 aromatic heterocycles. The lowest BCUT2D eigenvalue weighted by Crippen LogP contribution is -2.93. The summed E-state index contributed by atoms with van der Waals surface area (Å²) in [4.78, 5) is 56.5. The summed E-state index contributed by atoms with van der Waals surface area (Å²) in [7, 11) is 1.49. The lowest BCUT2D eigenvalue weighted by Gasteiger charge is -2.45. The summed E-state index contributed by atoms with van der Waals surface area (Å²) in [5, 5.41) is 10.9. The van der Waals surface area contributed by atoms with Gasteiger partial charge in [0, 0.05) is 49.4 Å². The summed E-state index contributed by atoms with van der Waals surface area (Å²) in [5.74, 6) is -0.897. The third kappa shape index (κ3) is 5.70. The number of anilines is 1. The smallest absolute Gasteiger partial charge is 0.327 e. The Morgan fingerprint density at radius 2 is 1.93 bits per heavy atom. The van der Waals surface area contributed by atoms with Crippen molar-refractivity contribution >= 4 is 50.2 Å². The number of nitrogens with zero attached hydrogens (tertiary/aromatic N) is 2. The molecule has 0 bridgehead atoms. The maximum absolute atomic E-state index is 14.1. The molecule has 4 heterocycles. The lowest BCUT2D eigenvalue weighted by atomic mass is 9.76. The van der Waals surface area contributed by atoms with Crippen LogP contribution in [0.25, 0.3) is 10.1 Å². The molecule has 1 aromatic carbocycles. The first kappa shape index (κ1) is 28.4. The summed E-state index contributed by atoms with van der Waals surface area (Å²) in [5.41, 5.74) is -0.736. The molecular weight excluding hydrogens is 535 g/mol. The molecule has 1 spiro atoms. The molecule has 5 rings (SSSR count). The van der Waals surface area contributed by atoms with Crippen LogP contribution in [0.4, 0.5) is 14.2 Å². The van der Waals surface area contributed by atoms with Gasteiger partial charge >= 0.3 is 11.9 Å². The normalized spacial score (nSPS) is 23.7. The van der Waals surface area contributed by atoms with E-state index in [2.05, 4.69) is 20.9 Å². The summed E-state index contributed by atoms with van der Waals surface area (Å²) < 4.78 is 14.9.